The summed E-state index contributed by atoms with van der Waals surface area (Å²) < 4.78 is 34.6. The third kappa shape index (κ3) is 57.0. The summed E-state index contributed by atoms with van der Waals surface area (Å²) in [6.07, 6.45) is 68.6. The Morgan fingerprint density at radius 1 is 0.444 bits per heavy atom. The zero-order valence-electron chi connectivity index (χ0n) is 47.7. The van der Waals surface area contributed by atoms with E-state index >= 15 is 0 Å². The van der Waals surface area contributed by atoms with Crippen molar-refractivity contribution in [2.75, 3.05) is 47.5 Å². The summed E-state index contributed by atoms with van der Waals surface area (Å²) in [6, 6.07) is 0. The van der Waals surface area contributed by atoms with Crippen LogP contribution in [-0.4, -0.2) is 74.9 Å². The monoisotopic (exact) mass is 1030 g/mol. The largest absolute Gasteiger partial charge is 0.472 e. The number of carbonyl (C=O) groups excluding carboxylic acids is 2. The normalized spacial score (nSPS) is 13.7. The SMILES string of the molecule is CC/C=C\C/C=C\C/C=C\C/C=C\C/C=C\CCCCCCCCCCCCCCCC(=O)OC(COC(=O)CCCCCCCCCCCCCCCCCCCCC)COP(=O)(O)OCC[N+](C)(C)C. The summed E-state index contributed by atoms with van der Waals surface area (Å²) in [5, 5.41) is 0. The van der Waals surface area contributed by atoms with Crippen molar-refractivity contribution in [1.29, 1.82) is 0 Å². The molecule has 0 aromatic rings. The number of likely N-dealkylation sites (N-methyl/N-ethyl adjacent to an activating group) is 1. The molecule has 0 amide bonds. The predicted octanol–water partition coefficient (Wildman–Crippen LogP) is 18.7. The van der Waals surface area contributed by atoms with E-state index in [-0.39, 0.29) is 25.6 Å². The quantitative estimate of drug-likeness (QED) is 0.0211. The molecule has 0 aliphatic carbocycles. The van der Waals surface area contributed by atoms with Gasteiger partial charge in [-0.05, 0) is 57.8 Å². The number of allylic oxidation sites excluding steroid dienone is 10. The van der Waals surface area contributed by atoms with Gasteiger partial charge in [0.15, 0.2) is 6.10 Å². The summed E-state index contributed by atoms with van der Waals surface area (Å²) in [4.78, 5) is 35.7. The van der Waals surface area contributed by atoms with Crippen molar-refractivity contribution >= 4 is 19.8 Å². The van der Waals surface area contributed by atoms with E-state index in [1.165, 1.54) is 167 Å². The van der Waals surface area contributed by atoms with E-state index in [2.05, 4.69) is 74.6 Å². The molecule has 0 spiro atoms. The smallest absolute Gasteiger partial charge is 0.462 e. The van der Waals surface area contributed by atoms with E-state index in [4.69, 9.17) is 18.5 Å². The Morgan fingerprint density at radius 2 is 0.792 bits per heavy atom. The minimum Gasteiger partial charge on any atom is -0.462 e. The standard InChI is InChI=1S/C62H114NO8P/c1-6-8-10-12-14-16-18-20-22-24-26-27-28-29-30-31-32-33-34-35-37-39-41-43-45-47-49-51-53-55-62(65)71-60(59-70-72(66,67)69-57-56-63(3,4)5)58-68-61(64)54-52-50-48-46-44-42-40-38-36-25-23-21-19-17-15-13-11-9-7-2/h8,10,14,16,20,22,26-27,29-30,60H,6-7,9,11-13,15,17-19,21,23-25,28,31-59H2,1-5H3/p+1/b10-8-,16-14-,22-20-,27-26-,30-29-. The van der Waals surface area contributed by atoms with Crippen molar-refractivity contribution in [3.8, 4) is 0 Å². The molecule has 0 bridgehead atoms. The average molecular weight is 1030 g/mol. The van der Waals surface area contributed by atoms with Crippen LogP contribution in [-0.2, 0) is 32.7 Å². The molecule has 10 heteroatoms. The number of phosphoric ester groups is 1. The number of hydrogen-bond donors (Lipinski definition) is 1. The fourth-order valence-corrected chi connectivity index (χ4v) is 9.20. The van der Waals surface area contributed by atoms with Crippen LogP contribution >= 0.6 is 7.82 Å². The molecule has 1 N–H and O–H groups in total. The van der Waals surface area contributed by atoms with Crippen molar-refractivity contribution in [3.05, 3.63) is 60.8 Å². The van der Waals surface area contributed by atoms with Gasteiger partial charge >= 0.3 is 19.8 Å². The van der Waals surface area contributed by atoms with E-state index < -0.39 is 26.5 Å². The third-order valence-electron chi connectivity index (χ3n) is 13.1. The zero-order chi connectivity index (χ0) is 52.7. The third-order valence-corrected chi connectivity index (χ3v) is 14.0. The van der Waals surface area contributed by atoms with Gasteiger partial charge in [0.1, 0.15) is 19.8 Å². The van der Waals surface area contributed by atoms with Gasteiger partial charge in [-0.2, -0.15) is 0 Å². The molecular formula is C62H115NO8P+. The van der Waals surface area contributed by atoms with Gasteiger partial charge in [-0.15, -0.1) is 0 Å². The van der Waals surface area contributed by atoms with E-state index in [1.54, 1.807) is 0 Å². The molecule has 0 rings (SSSR count). The van der Waals surface area contributed by atoms with Crippen LogP contribution in [0.4, 0.5) is 0 Å². The molecule has 2 unspecified atom stereocenters. The Balaban J connectivity index is 4.11. The molecule has 420 valence electrons. The minimum atomic E-state index is -4.39. The Kier molecular flexibility index (Phi) is 51.8. The Bertz CT molecular complexity index is 1400. The number of ether oxygens (including phenoxy) is 2. The van der Waals surface area contributed by atoms with Gasteiger partial charge in [0, 0.05) is 12.8 Å². The highest BCUT2D eigenvalue weighted by atomic mass is 31.2. The molecule has 0 saturated carbocycles. The first-order chi connectivity index (χ1) is 35.0. The Morgan fingerprint density at radius 3 is 1.18 bits per heavy atom. The first-order valence-electron chi connectivity index (χ1n) is 30.0. The highest BCUT2D eigenvalue weighted by Gasteiger charge is 2.27. The van der Waals surface area contributed by atoms with Crippen LogP contribution in [0, 0.1) is 0 Å². The lowest BCUT2D eigenvalue weighted by Gasteiger charge is -2.24. The second-order valence-electron chi connectivity index (χ2n) is 21.4. The number of unbranched alkanes of at least 4 members (excludes halogenated alkanes) is 31. The van der Waals surface area contributed by atoms with Crippen LogP contribution in [0.5, 0.6) is 0 Å². The van der Waals surface area contributed by atoms with Crippen molar-refractivity contribution in [1.82, 2.24) is 0 Å². The molecule has 9 nitrogen and oxygen atoms in total. The predicted molar refractivity (Wildman–Crippen MR) is 307 cm³/mol. The summed E-state index contributed by atoms with van der Waals surface area (Å²) in [6.45, 7) is 4.36. The van der Waals surface area contributed by atoms with Crippen LogP contribution in [0.3, 0.4) is 0 Å². The van der Waals surface area contributed by atoms with Crippen LogP contribution in [0.1, 0.15) is 271 Å². The van der Waals surface area contributed by atoms with Crippen molar-refractivity contribution < 1.29 is 42.1 Å². The fourth-order valence-electron chi connectivity index (χ4n) is 8.46. The molecule has 0 saturated heterocycles. The number of rotatable bonds is 55. The summed E-state index contributed by atoms with van der Waals surface area (Å²) >= 11 is 0. The van der Waals surface area contributed by atoms with Crippen molar-refractivity contribution in [2.24, 2.45) is 0 Å². The summed E-state index contributed by atoms with van der Waals surface area (Å²) in [7, 11) is 1.48. The lowest BCUT2D eigenvalue weighted by atomic mass is 10.0. The second-order valence-corrected chi connectivity index (χ2v) is 22.8. The van der Waals surface area contributed by atoms with Crippen molar-refractivity contribution in [3.63, 3.8) is 0 Å². The van der Waals surface area contributed by atoms with Crippen molar-refractivity contribution in [2.45, 2.75) is 277 Å². The molecule has 0 heterocycles. The van der Waals surface area contributed by atoms with Gasteiger partial charge in [-0.1, -0.05) is 261 Å². The lowest BCUT2D eigenvalue weighted by molar-refractivity contribution is -0.870. The first kappa shape index (κ1) is 69.7. The van der Waals surface area contributed by atoms with E-state index in [0.29, 0.717) is 23.9 Å². The van der Waals surface area contributed by atoms with Crippen LogP contribution in [0.2, 0.25) is 0 Å². The minimum absolute atomic E-state index is 0.0318. The second kappa shape index (κ2) is 53.5. The first-order valence-corrected chi connectivity index (χ1v) is 31.5. The molecule has 0 fully saturated rings. The summed E-state index contributed by atoms with van der Waals surface area (Å²) in [5.74, 6) is -0.787. The maximum Gasteiger partial charge on any atom is 0.472 e. The number of quaternary nitrogens is 1. The molecule has 0 aliphatic rings. The molecule has 2 atom stereocenters. The van der Waals surface area contributed by atoms with Gasteiger partial charge in [0.05, 0.1) is 27.7 Å². The van der Waals surface area contributed by atoms with E-state index in [1.807, 2.05) is 21.1 Å². The zero-order valence-corrected chi connectivity index (χ0v) is 48.6. The average Bonchev–Trinajstić information content (AvgIpc) is 3.34. The topological polar surface area (TPSA) is 108 Å². The van der Waals surface area contributed by atoms with Gasteiger partial charge in [0.2, 0.25) is 0 Å². The molecule has 72 heavy (non-hydrogen) atoms. The number of carbonyl (C=O) groups is 2. The Labute approximate surface area is 445 Å². The molecule has 0 aromatic carbocycles. The maximum atomic E-state index is 12.8. The van der Waals surface area contributed by atoms with Crippen LogP contribution in [0.15, 0.2) is 60.8 Å². The van der Waals surface area contributed by atoms with Crippen LogP contribution in [0.25, 0.3) is 0 Å². The number of phosphoric acid groups is 1. The van der Waals surface area contributed by atoms with Gasteiger partial charge in [0.25, 0.3) is 0 Å². The van der Waals surface area contributed by atoms with Gasteiger partial charge in [-0.3, -0.25) is 18.6 Å². The van der Waals surface area contributed by atoms with Gasteiger partial charge in [-0.25, -0.2) is 4.57 Å². The fraction of sp³-hybridized carbons (Fsp3) is 0.806. The summed E-state index contributed by atoms with van der Waals surface area (Å²) in [5.41, 5.74) is 0. The maximum absolute atomic E-state index is 12.8. The molecule has 0 radical (unpaired) electrons. The number of esters is 2. The number of nitrogens with zero attached hydrogens (tertiary/aromatic N) is 1. The molecular weight excluding hydrogens is 918 g/mol. The number of hydrogen-bond acceptors (Lipinski definition) is 7. The van der Waals surface area contributed by atoms with E-state index in [9.17, 15) is 19.0 Å². The van der Waals surface area contributed by atoms with Crippen LogP contribution < -0.4 is 0 Å². The lowest BCUT2D eigenvalue weighted by Crippen LogP contribution is -2.37. The Hall–Kier alpha value is -2.29. The highest BCUT2D eigenvalue weighted by Crippen LogP contribution is 2.43. The molecule has 0 aliphatic heterocycles. The van der Waals surface area contributed by atoms with Gasteiger partial charge < -0.3 is 18.9 Å². The highest BCUT2D eigenvalue weighted by molar-refractivity contribution is 7.47. The van der Waals surface area contributed by atoms with E-state index in [0.717, 1.165) is 70.6 Å². The molecule has 0 aromatic heterocycles.